The second-order valence-electron chi connectivity index (χ2n) is 4.42. The number of hydrogen-bond acceptors (Lipinski definition) is 3. The maximum atomic E-state index is 12.8. The summed E-state index contributed by atoms with van der Waals surface area (Å²) < 4.78 is 12.8. The molecule has 0 spiro atoms. The normalized spacial score (nSPS) is 18.1. The minimum Gasteiger partial charge on any atom is -0.480 e. The number of hydrogen-bond donors (Lipinski definition) is 2. The van der Waals surface area contributed by atoms with E-state index in [0.29, 0.717) is 18.7 Å². The fourth-order valence-electron chi connectivity index (χ4n) is 2.09. The lowest BCUT2D eigenvalue weighted by Gasteiger charge is -2.16. The highest BCUT2D eigenvalue weighted by atomic mass is 19.1. The zero-order valence-electron chi connectivity index (χ0n) is 10.5. The van der Waals surface area contributed by atoms with E-state index in [1.165, 1.54) is 29.2 Å². The molecule has 20 heavy (non-hydrogen) atoms. The first-order valence-electron chi connectivity index (χ1n) is 6.05. The molecule has 1 aromatic carbocycles. The van der Waals surface area contributed by atoms with Crippen molar-refractivity contribution in [1.29, 1.82) is 0 Å². The third kappa shape index (κ3) is 2.93. The van der Waals surface area contributed by atoms with Gasteiger partial charge >= 0.3 is 5.97 Å². The van der Waals surface area contributed by atoms with Gasteiger partial charge in [-0.15, -0.1) is 0 Å². The molecule has 2 rings (SSSR count). The van der Waals surface area contributed by atoms with Crippen molar-refractivity contribution in [3.8, 4) is 0 Å². The highest BCUT2D eigenvalue weighted by Crippen LogP contribution is 2.25. The van der Waals surface area contributed by atoms with Crippen molar-refractivity contribution in [3.05, 3.63) is 30.1 Å². The molecule has 1 heterocycles. The number of benzene rings is 1. The van der Waals surface area contributed by atoms with Crippen LogP contribution >= 0.6 is 0 Å². The SMILES string of the molecule is O=C(O)CNC(=O)C1CCN(c2ccc(F)cc2)C1=O. The molecule has 1 unspecified atom stereocenters. The molecule has 7 heteroatoms. The Morgan fingerprint density at radius 1 is 1.35 bits per heavy atom. The summed E-state index contributed by atoms with van der Waals surface area (Å²) >= 11 is 0. The number of carboxylic acid groups (broad SMARTS) is 1. The van der Waals surface area contributed by atoms with E-state index in [0.717, 1.165) is 0 Å². The summed E-state index contributed by atoms with van der Waals surface area (Å²) in [4.78, 5) is 35.6. The second kappa shape index (κ2) is 5.68. The predicted octanol–water partition coefficient (Wildman–Crippen LogP) is 0.379. The predicted molar refractivity (Wildman–Crippen MR) is 67.5 cm³/mol. The fraction of sp³-hybridized carbons (Fsp3) is 0.308. The number of carbonyl (C=O) groups excluding carboxylic acids is 2. The Morgan fingerprint density at radius 2 is 2.00 bits per heavy atom. The van der Waals surface area contributed by atoms with Gasteiger partial charge in [0.2, 0.25) is 11.8 Å². The summed E-state index contributed by atoms with van der Waals surface area (Å²) in [6.07, 6.45) is 0.307. The number of halogens is 1. The smallest absolute Gasteiger partial charge is 0.322 e. The van der Waals surface area contributed by atoms with E-state index in [4.69, 9.17) is 5.11 Å². The average Bonchev–Trinajstić information content (AvgIpc) is 2.79. The molecule has 1 aliphatic heterocycles. The molecule has 106 valence electrons. The number of aliphatic carboxylic acids is 1. The minimum absolute atomic E-state index is 0.307. The lowest BCUT2D eigenvalue weighted by molar-refractivity contribution is -0.140. The summed E-state index contributed by atoms with van der Waals surface area (Å²) in [6, 6.07) is 5.40. The van der Waals surface area contributed by atoms with Crippen molar-refractivity contribution in [2.75, 3.05) is 18.0 Å². The Balaban J connectivity index is 2.03. The number of carboxylic acids is 1. The monoisotopic (exact) mass is 280 g/mol. The van der Waals surface area contributed by atoms with Gasteiger partial charge in [0.15, 0.2) is 0 Å². The van der Waals surface area contributed by atoms with Gasteiger partial charge in [-0.25, -0.2) is 4.39 Å². The van der Waals surface area contributed by atoms with Crippen LogP contribution in [0, 0.1) is 11.7 Å². The highest BCUT2D eigenvalue weighted by Gasteiger charge is 2.37. The average molecular weight is 280 g/mol. The van der Waals surface area contributed by atoms with Gasteiger partial charge in [-0.1, -0.05) is 0 Å². The Hall–Kier alpha value is -2.44. The van der Waals surface area contributed by atoms with Gasteiger partial charge in [0.05, 0.1) is 0 Å². The molecular formula is C13H13FN2O4. The van der Waals surface area contributed by atoms with E-state index in [1.807, 2.05) is 0 Å². The molecule has 0 aliphatic carbocycles. The third-order valence-electron chi connectivity index (χ3n) is 3.07. The first kappa shape index (κ1) is 14.0. The van der Waals surface area contributed by atoms with Crippen molar-refractivity contribution < 1.29 is 23.9 Å². The van der Waals surface area contributed by atoms with Crippen LogP contribution in [-0.4, -0.2) is 36.0 Å². The van der Waals surface area contributed by atoms with Crippen LogP contribution in [0.4, 0.5) is 10.1 Å². The topological polar surface area (TPSA) is 86.7 Å². The Kier molecular flexibility index (Phi) is 3.97. The van der Waals surface area contributed by atoms with Gasteiger partial charge < -0.3 is 15.3 Å². The van der Waals surface area contributed by atoms with Gasteiger partial charge in [0.1, 0.15) is 18.3 Å². The number of nitrogens with one attached hydrogen (secondary N) is 1. The van der Waals surface area contributed by atoms with Crippen molar-refractivity contribution in [3.63, 3.8) is 0 Å². The maximum Gasteiger partial charge on any atom is 0.322 e. The van der Waals surface area contributed by atoms with Crippen molar-refractivity contribution in [2.24, 2.45) is 5.92 Å². The van der Waals surface area contributed by atoms with Gasteiger partial charge in [0.25, 0.3) is 0 Å². The van der Waals surface area contributed by atoms with Crippen LogP contribution in [-0.2, 0) is 14.4 Å². The van der Waals surface area contributed by atoms with Gasteiger partial charge in [-0.3, -0.25) is 14.4 Å². The minimum atomic E-state index is -1.17. The van der Waals surface area contributed by atoms with E-state index >= 15 is 0 Å². The summed E-state index contributed by atoms with van der Waals surface area (Å²) in [5.41, 5.74) is 0.518. The quantitative estimate of drug-likeness (QED) is 0.781. The van der Waals surface area contributed by atoms with Crippen LogP contribution in [0.3, 0.4) is 0 Å². The molecule has 1 saturated heterocycles. The maximum absolute atomic E-state index is 12.8. The first-order valence-corrected chi connectivity index (χ1v) is 6.05. The Labute approximate surface area is 114 Å². The third-order valence-corrected chi connectivity index (χ3v) is 3.07. The molecule has 6 nitrogen and oxygen atoms in total. The van der Waals surface area contributed by atoms with Crippen molar-refractivity contribution >= 4 is 23.5 Å². The summed E-state index contributed by atoms with van der Waals surface area (Å²) in [5.74, 6) is -3.46. The Morgan fingerprint density at radius 3 is 2.60 bits per heavy atom. The molecule has 0 aromatic heterocycles. The zero-order valence-corrected chi connectivity index (χ0v) is 10.5. The molecule has 0 bridgehead atoms. The largest absolute Gasteiger partial charge is 0.480 e. The number of amides is 2. The summed E-state index contributed by atoms with van der Waals surface area (Å²) in [7, 11) is 0. The van der Waals surface area contributed by atoms with Crippen molar-refractivity contribution in [1.82, 2.24) is 5.32 Å². The van der Waals surface area contributed by atoms with E-state index in [-0.39, 0.29) is 0 Å². The molecule has 1 aromatic rings. The van der Waals surface area contributed by atoms with E-state index in [2.05, 4.69) is 5.32 Å². The number of carbonyl (C=O) groups is 3. The Bertz CT molecular complexity index is 544. The zero-order chi connectivity index (χ0) is 14.7. The highest BCUT2D eigenvalue weighted by molar-refractivity contribution is 6.09. The number of anilines is 1. The first-order chi connectivity index (χ1) is 9.49. The van der Waals surface area contributed by atoms with Gasteiger partial charge in [-0.2, -0.15) is 0 Å². The van der Waals surface area contributed by atoms with Crippen LogP contribution in [0.15, 0.2) is 24.3 Å². The fourth-order valence-corrected chi connectivity index (χ4v) is 2.09. The lowest BCUT2D eigenvalue weighted by Crippen LogP contribution is -2.38. The lowest BCUT2D eigenvalue weighted by atomic mass is 10.1. The molecule has 1 aliphatic rings. The molecule has 1 atom stereocenters. The van der Waals surface area contributed by atoms with Crippen molar-refractivity contribution in [2.45, 2.75) is 6.42 Å². The molecule has 2 amide bonds. The molecular weight excluding hydrogens is 267 g/mol. The molecule has 1 fully saturated rings. The van der Waals surface area contributed by atoms with E-state index in [1.54, 1.807) is 0 Å². The molecule has 2 N–H and O–H groups in total. The summed E-state index contributed by atoms with van der Waals surface area (Å²) in [5, 5.41) is 10.7. The van der Waals surface area contributed by atoms with Gasteiger partial charge in [0, 0.05) is 12.2 Å². The van der Waals surface area contributed by atoms with E-state index < -0.39 is 36.1 Å². The standard InChI is InChI=1S/C13H13FN2O4/c14-8-1-3-9(4-2-8)16-6-5-10(13(16)20)12(19)15-7-11(17)18/h1-4,10H,5-7H2,(H,15,19)(H,17,18). The van der Waals surface area contributed by atoms with Gasteiger partial charge in [-0.05, 0) is 30.7 Å². The van der Waals surface area contributed by atoms with E-state index in [9.17, 15) is 18.8 Å². The summed E-state index contributed by atoms with van der Waals surface area (Å²) in [6.45, 7) is -0.172. The van der Waals surface area contributed by atoms with Crippen LogP contribution in [0.2, 0.25) is 0 Å². The number of nitrogens with zero attached hydrogens (tertiary/aromatic N) is 1. The van der Waals surface area contributed by atoms with Crippen LogP contribution in [0.5, 0.6) is 0 Å². The second-order valence-corrected chi connectivity index (χ2v) is 4.42. The number of rotatable bonds is 4. The van der Waals surface area contributed by atoms with Crippen LogP contribution in [0.1, 0.15) is 6.42 Å². The molecule has 0 saturated carbocycles. The van der Waals surface area contributed by atoms with Crippen LogP contribution < -0.4 is 10.2 Å². The molecule has 0 radical (unpaired) electrons. The van der Waals surface area contributed by atoms with Crippen LogP contribution in [0.25, 0.3) is 0 Å².